The molecule has 0 unspecified atom stereocenters. The fourth-order valence-electron chi connectivity index (χ4n) is 2.74. The van der Waals surface area contributed by atoms with Crippen LogP contribution in [0.1, 0.15) is 41.6 Å². The van der Waals surface area contributed by atoms with Crippen molar-refractivity contribution in [3.63, 3.8) is 0 Å². The van der Waals surface area contributed by atoms with Crippen LogP contribution in [0.15, 0.2) is 23.0 Å². The largest absolute Gasteiger partial charge is 0.442 e. The summed E-state index contributed by atoms with van der Waals surface area (Å²) in [5, 5.41) is 6.96. The molecule has 0 aromatic carbocycles. The van der Waals surface area contributed by atoms with E-state index in [-0.39, 0.29) is 23.3 Å². The Labute approximate surface area is 154 Å². The van der Waals surface area contributed by atoms with Crippen molar-refractivity contribution in [1.29, 1.82) is 0 Å². The second-order valence-corrected chi connectivity index (χ2v) is 6.96. The van der Waals surface area contributed by atoms with Gasteiger partial charge in [-0.15, -0.1) is 0 Å². The number of aromatic nitrogens is 4. The Kier molecular flexibility index (Phi) is 3.99. The fourth-order valence-corrected chi connectivity index (χ4v) is 2.90. The number of carbonyl (C=O) groups excluding carboxylic acids is 1. The molecule has 0 spiro atoms. The normalized spacial score (nSPS) is 15.0. The summed E-state index contributed by atoms with van der Waals surface area (Å²) in [6.45, 7) is 4.08. The maximum Gasteiger partial charge on any atom is 0.255 e. The van der Waals surface area contributed by atoms with E-state index in [0.29, 0.717) is 33.9 Å². The predicted octanol–water partition coefficient (Wildman–Crippen LogP) is 2.87. The molecule has 0 bridgehead atoms. The van der Waals surface area contributed by atoms with Crippen LogP contribution in [0, 0.1) is 6.92 Å². The Hall–Kier alpha value is -2.74. The quantitative estimate of drug-likeness (QED) is 0.663. The van der Waals surface area contributed by atoms with Crippen LogP contribution in [-0.4, -0.2) is 31.4 Å². The van der Waals surface area contributed by atoms with Gasteiger partial charge in [0.25, 0.3) is 5.91 Å². The number of fused-ring (bicyclic) bond motifs is 1. The minimum atomic E-state index is -0.283. The highest BCUT2D eigenvalue weighted by Gasteiger charge is 2.38. The summed E-state index contributed by atoms with van der Waals surface area (Å²) in [4.78, 5) is 29.2. The zero-order chi connectivity index (χ0) is 18.3. The van der Waals surface area contributed by atoms with Gasteiger partial charge >= 0.3 is 0 Å². The molecule has 1 fully saturated rings. The number of rotatable bonds is 5. The van der Waals surface area contributed by atoms with E-state index in [2.05, 4.69) is 37.5 Å². The Morgan fingerprint density at radius 1 is 1.35 bits per heavy atom. The van der Waals surface area contributed by atoms with E-state index in [1.54, 1.807) is 19.2 Å². The molecule has 2 N–H and O–H groups in total. The SMILES string of the molecule is Cc1oc2ncnc(NC3(C)CC3)c2c1C(=O)NCc1ccnc(Cl)n1. The van der Waals surface area contributed by atoms with Crippen LogP contribution in [0.2, 0.25) is 5.28 Å². The summed E-state index contributed by atoms with van der Waals surface area (Å²) in [7, 11) is 0. The van der Waals surface area contributed by atoms with Crippen LogP contribution in [-0.2, 0) is 6.54 Å². The van der Waals surface area contributed by atoms with E-state index in [1.165, 1.54) is 6.33 Å². The number of aryl methyl sites for hydroxylation is 1. The molecule has 0 radical (unpaired) electrons. The number of amides is 1. The first-order chi connectivity index (χ1) is 12.5. The summed E-state index contributed by atoms with van der Waals surface area (Å²) in [6, 6.07) is 1.69. The van der Waals surface area contributed by atoms with E-state index in [9.17, 15) is 4.79 Å². The van der Waals surface area contributed by atoms with Crippen molar-refractivity contribution >= 4 is 34.4 Å². The summed E-state index contributed by atoms with van der Waals surface area (Å²) in [6.07, 6.45) is 5.10. The molecule has 1 aliphatic carbocycles. The number of nitrogens with one attached hydrogen (secondary N) is 2. The number of hydrogen-bond donors (Lipinski definition) is 2. The molecule has 134 valence electrons. The molecule has 3 heterocycles. The first kappa shape index (κ1) is 16.7. The van der Waals surface area contributed by atoms with Crippen LogP contribution in [0.25, 0.3) is 11.1 Å². The van der Waals surface area contributed by atoms with Crippen LogP contribution in [0.5, 0.6) is 0 Å². The number of furan rings is 1. The van der Waals surface area contributed by atoms with Crippen molar-refractivity contribution in [1.82, 2.24) is 25.3 Å². The van der Waals surface area contributed by atoms with Crippen LogP contribution >= 0.6 is 11.6 Å². The molecule has 0 saturated heterocycles. The molecule has 0 aliphatic heterocycles. The van der Waals surface area contributed by atoms with Gasteiger partial charge in [0, 0.05) is 11.7 Å². The summed E-state index contributed by atoms with van der Waals surface area (Å²) in [5.74, 6) is 0.819. The van der Waals surface area contributed by atoms with Crippen molar-refractivity contribution in [3.05, 3.63) is 40.9 Å². The molecule has 0 atom stereocenters. The van der Waals surface area contributed by atoms with Gasteiger partial charge in [-0.3, -0.25) is 4.79 Å². The van der Waals surface area contributed by atoms with Gasteiger partial charge in [0.05, 0.1) is 23.2 Å². The van der Waals surface area contributed by atoms with Crippen LogP contribution in [0.3, 0.4) is 0 Å². The van der Waals surface area contributed by atoms with Crippen molar-refractivity contribution in [2.45, 2.75) is 38.8 Å². The molecular formula is C17H17ClN6O2. The summed E-state index contributed by atoms with van der Waals surface area (Å²) in [5.41, 5.74) is 1.44. The molecule has 3 aromatic heterocycles. The summed E-state index contributed by atoms with van der Waals surface area (Å²) >= 11 is 5.78. The van der Waals surface area contributed by atoms with Crippen molar-refractivity contribution in [2.24, 2.45) is 0 Å². The van der Waals surface area contributed by atoms with E-state index in [0.717, 1.165) is 12.8 Å². The third-order valence-corrected chi connectivity index (χ3v) is 4.61. The minimum Gasteiger partial charge on any atom is -0.442 e. The topological polar surface area (TPSA) is 106 Å². The Morgan fingerprint density at radius 3 is 2.88 bits per heavy atom. The minimum absolute atomic E-state index is 0.0118. The highest BCUT2D eigenvalue weighted by atomic mass is 35.5. The second kappa shape index (κ2) is 6.21. The standard InChI is InChI=1S/C17H17ClN6O2/c1-9-11(14(25)20-7-10-3-6-19-16(18)23-10)12-13(24-17(2)4-5-17)21-8-22-15(12)26-9/h3,6,8H,4-5,7H2,1-2H3,(H,20,25)(H,21,22,24). The van der Waals surface area contributed by atoms with E-state index >= 15 is 0 Å². The summed E-state index contributed by atoms with van der Waals surface area (Å²) < 4.78 is 5.67. The van der Waals surface area contributed by atoms with Crippen LogP contribution in [0.4, 0.5) is 5.82 Å². The second-order valence-electron chi connectivity index (χ2n) is 6.62. The van der Waals surface area contributed by atoms with Gasteiger partial charge < -0.3 is 15.1 Å². The van der Waals surface area contributed by atoms with Gasteiger partial charge in [-0.2, -0.15) is 0 Å². The highest BCUT2D eigenvalue weighted by Crippen LogP contribution is 2.40. The van der Waals surface area contributed by atoms with Crippen molar-refractivity contribution < 1.29 is 9.21 Å². The first-order valence-electron chi connectivity index (χ1n) is 8.23. The van der Waals surface area contributed by atoms with E-state index < -0.39 is 0 Å². The van der Waals surface area contributed by atoms with Crippen molar-refractivity contribution in [3.8, 4) is 0 Å². The van der Waals surface area contributed by atoms with Gasteiger partial charge in [0.15, 0.2) is 0 Å². The molecule has 4 rings (SSSR count). The molecule has 1 saturated carbocycles. The van der Waals surface area contributed by atoms with E-state index in [4.69, 9.17) is 16.0 Å². The molecule has 3 aromatic rings. The molecule has 1 aliphatic rings. The van der Waals surface area contributed by atoms with Gasteiger partial charge in [-0.05, 0) is 44.4 Å². The monoisotopic (exact) mass is 372 g/mol. The average Bonchev–Trinajstić information content (AvgIpc) is 3.21. The Bertz CT molecular complexity index is 998. The lowest BCUT2D eigenvalue weighted by molar-refractivity contribution is 0.0950. The lowest BCUT2D eigenvalue weighted by atomic mass is 10.1. The van der Waals surface area contributed by atoms with Gasteiger partial charge in [0.2, 0.25) is 11.0 Å². The average molecular weight is 373 g/mol. The number of hydrogen-bond acceptors (Lipinski definition) is 7. The van der Waals surface area contributed by atoms with Gasteiger partial charge in [-0.25, -0.2) is 19.9 Å². The molecular weight excluding hydrogens is 356 g/mol. The number of anilines is 1. The highest BCUT2D eigenvalue weighted by molar-refractivity contribution is 6.28. The smallest absolute Gasteiger partial charge is 0.255 e. The fraction of sp³-hybridized carbons (Fsp3) is 0.353. The third-order valence-electron chi connectivity index (χ3n) is 4.43. The Balaban J connectivity index is 1.64. The maximum absolute atomic E-state index is 12.8. The number of nitrogens with zero attached hydrogens (tertiary/aromatic N) is 4. The van der Waals surface area contributed by atoms with Crippen molar-refractivity contribution in [2.75, 3.05) is 5.32 Å². The predicted molar refractivity (Wildman–Crippen MR) is 96.0 cm³/mol. The zero-order valence-corrected chi connectivity index (χ0v) is 15.1. The molecule has 26 heavy (non-hydrogen) atoms. The zero-order valence-electron chi connectivity index (χ0n) is 14.3. The van der Waals surface area contributed by atoms with Crippen LogP contribution < -0.4 is 10.6 Å². The maximum atomic E-state index is 12.8. The van der Waals surface area contributed by atoms with E-state index in [1.807, 2.05) is 0 Å². The van der Waals surface area contributed by atoms with Gasteiger partial charge in [-0.1, -0.05) is 0 Å². The lowest BCUT2D eigenvalue weighted by Crippen LogP contribution is -2.24. The third kappa shape index (κ3) is 3.20. The molecule has 1 amide bonds. The molecule has 8 nitrogen and oxygen atoms in total. The Morgan fingerprint density at radius 2 is 2.15 bits per heavy atom. The number of carbonyl (C=O) groups is 1. The lowest BCUT2D eigenvalue weighted by Gasteiger charge is -2.13. The number of halogens is 1. The first-order valence-corrected chi connectivity index (χ1v) is 8.61. The molecule has 9 heteroatoms. The van der Waals surface area contributed by atoms with Gasteiger partial charge in [0.1, 0.15) is 17.9 Å².